The first-order chi connectivity index (χ1) is 12.5. The Morgan fingerprint density at radius 3 is 2.31 bits per heavy atom. The van der Waals surface area contributed by atoms with Crippen LogP contribution in [0.2, 0.25) is 0 Å². The third-order valence-corrected chi connectivity index (χ3v) is 4.22. The number of fused-ring (bicyclic) bond motifs is 1. The second kappa shape index (κ2) is 6.29. The highest BCUT2D eigenvalue weighted by atomic mass is 19.3. The van der Waals surface area contributed by atoms with Crippen LogP contribution in [-0.4, -0.2) is 14.8 Å². The third-order valence-electron chi connectivity index (χ3n) is 4.22. The number of hydrogen-bond donors (Lipinski definition) is 0. The lowest BCUT2D eigenvalue weighted by atomic mass is 10.1. The molecule has 130 valence electrons. The van der Waals surface area contributed by atoms with Gasteiger partial charge in [0, 0.05) is 11.1 Å². The molecule has 0 amide bonds. The van der Waals surface area contributed by atoms with E-state index in [0.717, 1.165) is 5.56 Å². The predicted octanol–water partition coefficient (Wildman–Crippen LogP) is 5.47. The van der Waals surface area contributed by atoms with E-state index in [0.29, 0.717) is 28.1 Å². The van der Waals surface area contributed by atoms with Gasteiger partial charge in [-0.05, 0) is 37.3 Å². The Hall–Kier alpha value is -3.15. The van der Waals surface area contributed by atoms with Gasteiger partial charge in [0.2, 0.25) is 0 Å². The highest BCUT2D eigenvalue weighted by Gasteiger charge is 2.21. The van der Waals surface area contributed by atoms with E-state index in [2.05, 4.69) is 10.1 Å². The molecule has 0 spiro atoms. The van der Waals surface area contributed by atoms with Gasteiger partial charge in [0.15, 0.2) is 5.65 Å². The molecule has 0 aliphatic carbocycles. The van der Waals surface area contributed by atoms with E-state index in [1.165, 1.54) is 22.9 Å². The minimum absolute atomic E-state index is 0.111. The number of rotatable bonds is 3. The topological polar surface area (TPSA) is 30.7 Å². The van der Waals surface area contributed by atoms with Gasteiger partial charge in [-0.2, -0.15) is 5.10 Å². The molecule has 2 heterocycles. The van der Waals surface area contributed by atoms with Crippen molar-refractivity contribution in [3.8, 4) is 16.9 Å². The number of hydrogen-bond acceptors (Lipinski definition) is 2. The number of benzene rings is 2. The van der Waals surface area contributed by atoms with Crippen LogP contribution in [0.15, 0.2) is 60.7 Å². The summed E-state index contributed by atoms with van der Waals surface area (Å²) in [4.78, 5) is 4.58. The molecule has 0 saturated carbocycles. The SMILES string of the molecule is Cc1nn(-c2ccc(F)cc2)c2nc(-c3ccccc3)cc(C(F)F)c12. The van der Waals surface area contributed by atoms with Crippen LogP contribution in [0, 0.1) is 12.7 Å². The lowest BCUT2D eigenvalue weighted by Gasteiger charge is -2.09. The lowest BCUT2D eigenvalue weighted by Crippen LogP contribution is -2.00. The molecule has 0 unspecified atom stereocenters. The zero-order valence-electron chi connectivity index (χ0n) is 13.8. The maximum atomic E-state index is 13.7. The fourth-order valence-electron chi connectivity index (χ4n) is 3.01. The Morgan fingerprint density at radius 1 is 0.962 bits per heavy atom. The zero-order valence-corrected chi connectivity index (χ0v) is 13.8. The van der Waals surface area contributed by atoms with Crippen molar-refractivity contribution in [1.29, 1.82) is 0 Å². The van der Waals surface area contributed by atoms with Crippen molar-refractivity contribution in [2.45, 2.75) is 13.3 Å². The highest BCUT2D eigenvalue weighted by Crippen LogP contribution is 2.33. The zero-order chi connectivity index (χ0) is 18.3. The highest BCUT2D eigenvalue weighted by molar-refractivity contribution is 5.86. The second-order valence-corrected chi connectivity index (χ2v) is 5.94. The van der Waals surface area contributed by atoms with Crippen LogP contribution in [0.3, 0.4) is 0 Å². The van der Waals surface area contributed by atoms with Gasteiger partial charge in [-0.15, -0.1) is 0 Å². The molecule has 2 aromatic heterocycles. The molecule has 6 heteroatoms. The summed E-state index contributed by atoms with van der Waals surface area (Å²) in [7, 11) is 0. The molecule has 2 aromatic carbocycles. The molecule has 0 radical (unpaired) electrons. The van der Waals surface area contributed by atoms with Gasteiger partial charge in [-0.1, -0.05) is 30.3 Å². The van der Waals surface area contributed by atoms with Crippen molar-refractivity contribution >= 4 is 11.0 Å². The maximum absolute atomic E-state index is 13.7. The smallest absolute Gasteiger partial charge is 0.228 e. The van der Waals surface area contributed by atoms with Crippen LogP contribution in [-0.2, 0) is 0 Å². The van der Waals surface area contributed by atoms with Crippen LogP contribution in [0.1, 0.15) is 17.7 Å². The third kappa shape index (κ3) is 2.73. The van der Waals surface area contributed by atoms with Crippen LogP contribution < -0.4 is 0 Å². The second-order valence-electron chi connectivity index (χ2n) is 5.94. The maximum Gasteiger partial charge on any atom is 0.264 e. The van der Waals surface area contributed by atoms with Crippen molar-refractivity contribution in [1.82, 2.24) is 14.8 Å². The van der Waals surface area contributed by atoms with E-state index in [4.69, 9.17) is 0 Å². The number of pyridine rings is 1. The van der Waals surface area contributed by atoms with Crippen LogP contribution in [0.25, 0.3) is 28.0 Å². The van der Waals surface area contributed by atoms with Gasteiger partial charge >= 0.3 is 0 Å². The average Bonchev–Trinajstić information content (AvgIpc) is 2.99. The standard InChI is InChI=1S/C20H14F3N3/c1-12-18-16(19(22)23)11-17(13-5-3-2-4-6-13)24-20(18)26(25-12)15-9-7-14(21)8-10-15/h2-11,19H,1H3. The summed E-state index contributed by atoms with van der Waals surface area (Å²) >= 11 is 0. The van der Waals surface area contributed by atoms with Crippen molar-refractivity contribution in [3.05, 3.63) is 77.7 Å². The number of aryl methyl sites for hydroxylation is 1. The minimum atomic E-state index is -2.66. The summed E-state index contributed by atoms with van der Waals surface area (Å²) in [6, 6.07) is 16.2. The van der Waals surface area contributed by atoms with E-state index in [1.54, 1.807) is 19.1 Å². The molecule has 0 N–H and O–H groups in total. The molecule has 0 aliphatic heterocycles. The van der Waals surface area contributed by atoms with E-state index >= 15 is 0 Å². The summed E-state index contributed by atoms with van der Waals surface area (Å²) in [6.45, 7) is 1.66. The number of halogens is 3. The summed E-state index contributed by atoms with van der Waals surface area (Å²) in [5.41, 5.74) is 2.40. The van der Waals surface area contributed by atoms with E-state index in [-0.39, 0.29) is 11.4 Å². The van der Waals surface area contributed by atoms with Gasteiger partial charge in [0.25, 0.3) is 6.43 Å². The average molecular weight is 353 g/mol. The molecule has 26 heavy (non-hydrogen) atoms. The largest absolute Gasteiger partial charge is 0.264 e. The minimum Gasteiger partial charge on any atom is -0.228 e. The molecule has 0 fully saturated rings. The monoisotopic (exact) mass is 353 g/mol. The normalized spacial score (nSPS) is 11.4. The predicted molar refractivity (Wildman–Crippen MR) is 94.0 cm³/mol. The molecule has 3 nitrogen and oxygen atoms in total. The molecule has 0 bridgehead atoms. The number of aromatic nitrogens is 3. The first-order valence-electron chi connectivity index (χ1n) is 8.04. The lowest BCUT2D eigenvalue weighted by molar-refractivity contribution is 0.153. The Kier molecular flexibility index (Phi) is 3.95. The molecule has 0 atom stereocenters. The summed E-state index contributed by atoms with van der Waals surface area (Å²) < 4.78 is 42.2. The molecule has 0 saturated heterocycles. The van der Waals surface area contributed by atoms with Crippen molar-refractivity contribution in [2.24, 2.45) is 0 Å². The fraction of sp³-hybridized carbons (Fsp3) is 0.100. The molecule has 0 aliphatic rings. The van der Waals surface area contributed by atoms with Crippen LogP contribution in [0.4, 0.5) is 13.2 Å². The fourth-order valence-corrected chi connectivity index (χ4v) is 3.01. The number of alkyl halides is 2. The molecule has 4 aromatic rings. The Morgan fingerprint density at radius 2 is 1.65 bits per heavy atom. The van der Waals surface area contributed by atoms with Gasteiger partial charge in [-0.25, -0.2) is 22.8 Å². The molecular weight excluding hydrogens is 339 g/mol. The first-order valence-corrected chi connectivity index (χ1v) is 8.04. The van der Waals surface area contributed by atoms with E-state index in [9.17, 15) is 13.2 Å². The quantitative estimate of drug-likeness (QED) is 0.489. The summed E-state index contributed by atoms with van der Waals surface area (Å²) in [5.74, 6) is -0.381. The molecular formula is C20H14F3N3. The Balaban J connectivity index is 2.03. The van der Waals surface area contributed by atoms with Gasteiger partial charge < -0.3 is 0 Å². The number of nitrogens with zero attached hydrogens (tertiary/aromatic N) is 3. The Bertz CT molecular complexity index is 1070. The van der Waals surface area contributed by atoms with Crippen molar-refractivity contribution in [2.75, 3.05) is 0 Å². The summed E-state index contributed by atoms with van der Waals surface area (Å²) in [6.07, 6.45) is -2.66. The van der Waals surface area contributed by atoms with E-state index < -0.39 is 6.43 Å². The van der Waals surface area contributed by atoms with E-state index in [1.807, 2.05) is 30.3 Å². The van der Waals surface area contributed by atoms with Gasteiger partial charge in [0.05, 0.1) is 22.5 Å². The van der Waals surface area contributed by atoms with Crippen molar-refractivity contribution < 1.29 is 13.2 Å². The molecule has 4 rings (SSSR count). The van der Waals surface area contributed by atoms with Crippen molar-refractivity contribution in [3.63, 3.8) is 0 Å². The summed E-state index contributed by atoms with van der Waals surface area (Å²) in [5, 5.41) is 4.69. The first kappa shape index (κ1) is 16.3. The van der Waals surface area contributed by atoms with Crippen LogP contribution in [0.5, 0.6) is 0 Å². The van der Waals surface area contributed by atoms with Crippen LogP contribution >= 0.6 is 0 Å². The Labute approximate surface area is 147 Å². The van der Waals surface area contributed by atoms with Gasteiger partial charge in [-0.3, -0.25) is 0 Å². The van der Waals surface area contributed by atoms with Gasteiger partial charge in [0.1, 0.15) is 5.82 Å².